The van der Waals surface area contributed by atoms with Gasteiger partial charge in [-0.25, -0.2) is 4.79 Å². The molecule has 2 aliphatic heterocycles. The number of aliphatic hydroxyl groups is 2. The fourth-order valence-electron chi connectivity index (χ4n) is 1.77. The number of esters is 1. The van der Waals surface area contributed by atoms with Crippen LogP contribution in [0.1, 0.15) is 13.8 Å². The van der Waals surface area contributed by atoms with Crippen molar-refractivity contribution >= 4 is 5.97 Å². The molecule has 2 aliphatic rings. The maximum absolute atomic E-state index is 11.0. The molecule has 2 N–H and O–H groups in total. The Bertz CT molecular complexity index is 276. The molecule has 0 aromatic heterocycles. The van der Waals surface area contributed by atoms with E-state index in [0.29, 0.717) is 0 Å². The quantitative estimate of drug-likeness (QED) is 0.537. The Labute approximate surface area is 86.7 Å². The molecule has 2 heterocycles. The summed E-state index contributed by atoms with van der Waals surface area (Å²) in [5.74, 6) is -1.56. The van der Waals surface area contributed by atoms with Gasteiger partial charge in [-0.2, -0.15) is 0 Å². The van der Waals surface area contributed by atoms with Crippen molar-refractivity contribution < 1.29 is 29.2 Å². The summed E-state index contributed by atoms with van der Waals surface area (Å²) in [5, 5.41) is 18.7. The van der Waals surface area contributed by atoms with E-state index in [2.05, 4.69) is 0 Å². The first-order chi connectivity index (χ1) is 6.91. The third kappa shape index (κ3) is 1.85. The van der Waals surface area contributed by atoms with Gasteiger partial charge in [0.1, 0.15) is 12.2 Å². The van der Waals surface area contributed by atoms with Crippen LogP contribution < -0.4 is 0 Å². The van der Waals surface area contributed by atoms with Gasteiger partial charge in [0.15, 0.2) is 18.0 Å². The molecule has 0 aromatic rings. The third-order valence-electron chi connectivity index (χ3n) is 2.55. The van der Waals surface area contributed by atoms with E-state index in [4.69, 9.17) is 14.2 Å². The normalized spacial score (nSPS) is 44.4. The summed E-state index contributed by atoms with van der Waals surface area (Å²) in [4.78, 5) is 11.0. The second kappa shape index (κ2) is 3.41. The average Bonchev–Trinajstić information content (AvgIpc) is 2.62. The van der Waals surface area contributed by atoms with Crippen LogP contribution in [0.25, 0.3) is 0 Å². The lowest BCUT2D eigenvalue weighted by atomic mass is 10.1. The lowest BCUT2D eigenvalue weighted by Gasteiger charge is -2.21. The second-order valence-electron chi connectivity index (χ2n) is 4.20. The van der Waals surface area contributed by atoms with Crippen molar-refractivity contribution in [2.75, 3.05) is 6.61 Å². The van der Waals surface area contributed by atoms with E-state index >= 15 is 0 Å². The zero-order chi connectivity index (χ0) is 11.2. The van der Waals surface area contributed by atoms with Gasteiger partial charge in [-0.05, 0) is 13.8 Å². The predicted molar refractivity (Wildman–Crippen MR) is 46.8 cm³/mol. The standard InChI is InChI=1S/C9H14O6/c1-9(2)13-3-4(15-9)7-5(10)6(11)8(12)14-7/h4-7,10-11H,3H2,1-2H3/t4-,5?,6+,7+/m0/s1. The van der Waals surface area contributed by atoms with E-state index in [1.54, 1.807) is 13.8 Å². The van der Waals surface area contributed by atoms with Gasteiger partial charge in [0.05, 0.1) is 6.61 Å². The van der Waals surface area contributed by atoms with Gasteiger partial charge in [0.2, 0.25) is 0 Å². The van der Waals surface area contributed by atoms with Crippen LogP contribution in [0.15, 0.2) is 0 Å². The fourth-order valence-corrected chi connectivity index (χ4v) is 1.77. The minimum absolute atomic E-state index is 0.231. The Kier molecular flexibility index (Phi) is 2.46. The smallest absolute Gasteiger partial charge is 0.338 e. The highest BCUT2D eigenvalue weighted by molar-refractivity contribution is 5.77. The van der Waals surface area contributed by atoms with Crippen LogP contribution in [0.2, 0.25) is 0 Å². The van der Waals surface area contributed by atoms with E-state index < -0.39 is 36.2 Å². The average molecular weight is 218 g/mol. The second-order valence-corrected chi connectivity index (χ2v) is 4.20. The summed E-state index contributed by atoms with van der Waals surface area (Å²) >= 11 is 0. The van der Waals surface area contributed by atoms with Crippen LogP contribution in [0.5, 0.6) is 0 Å². The zero-order valence-corrected chi connectivity index (χ0v) is 8.54. The Balaban J connectivity index is 2.04. The molecule has 2 fully saturated rings. The highest BCUT2D eigenvalue weighted by Crippen LogP contribution is 2.30. The molecule has 4 atom stereocenters. The third-order valence-corrected chi connectivity index (χ3v) is 2.55. The molecule has 0 amide bonds. The Morgan fingerprint density at radius 1 is 1.40 bits per heavy atom. The number of hydrogen-bond acceptors (Lipinski definition) is 6. The van der Waals surface area contributed by atoms with Crippen LogP contribution >= 0.6 is 0 Å². The van der Waals surface area contributed by atoms with Gasteiger partial charge in [-0.3, -0.25) is 0 Å². The van der Waals surface area contributed by atoms with Crippen LogP contribution in [-0.2, 0) is 19.0 Å². The number of cyclic esters (lactones) is 1. The molecular weight excluding hydrogens is 204 g/mol. The SMILES string of the molecule is CC1(C)OC[C@@H]([C@H]2OC(=O)[C@H](O)C2O)O1. The molecule has 6 nitrogen and oxygen atoms in total. The maximum Gasteiger partial charge on any atom is 0.338 e. The highest BCUT2D eigenvalue weighted by Gasteiger charge is 2.50. The van der Waals surface area contributed by atoms with Crippen molar-refractivity contribution in [1.29, 1.82) is 0 Å². The number of carbonyl (C=O) groups is 1. The van der Waals surface area contributed by atoms with Gasteiger partial charge in [0, 0.05) is 0 Å². The molecule has 0 spiro atoms. The van der Waals surface area contributed by atoms with Gasteiger partial charge in [-0.15, -0.1) is 0 Å². The molecule has 0 radical (unpaired) electrons. The Morgan fingerprint density at radius 2 is 2.07 bits per heavy atom. The molecule has 86 valence electrons. The van der Waals surface area contributed by atoms with Gasteiger partial charge in [0.25, 0.3) is 0 Å². The number of hydrogen-bond donors (Lipinski definition) is 2. The molecule has 1 unspecified atom stereocenters. The number of ether oxygens (including phenoxy) is 3. The van der Waals surface area contributed by atoms with Crippen molar-refractivity contribution in [2.45, 2.75) is 44.1 Å². The lowest BCUT2D eigenvalue weighted by Crippen LogP contribution is -2.40. The van der Waals surface area contributed by atoms with E-state index in [1.807, 2.05) is 0 Å². The Hall–Kier alpha value is -0.690. The molecule has 0 saturated carbocycles. The Morgan fingerprint density at radius 3 is 2.47 bits per heavy atom. The first kappa shape index (κ1) is 10.8. The van der Waals surface area contributed by atoms with Crippen LogP contribution in [-0.4, -0.2) is 53.0 Å². The summed E-state index contributed by atoms with van der Waals surface area (Å²) in [6, 6.07) is 0. The molecule has 0 bridgehead atoms. The largest absolute Gasteiger partial charge is 0.455 e. The molecule has 15 heavy (non-hydrogen) atoms. The van der Waals surface area contributed by atoms with Crippen LogP contribution in [0, 0.1) is 0 Å². The van der Waals surface area contributed by atoms with E-state index in [0.717, 1.165) is 0 Å². The molecular formula is C9H14O6. The highest BCUT2D eigenvalue weighted by atomic mass is 16.8. The number of carbonyl (C=O) groups excluding carboxylic acids is 1. The van der Waals surface area contributed by atoms with Crippen molar-refractivity contribution in [3.05, 3.63) is 0 Å². The van der Waals surface area contributed by atoms with Crippen LogP contribution in [0.3, 0.4) is 0 Å². The molecule has 2 rings (SSSR count). The number of rotatable bonds is 1. The van der Waals surface area contributed by atoms with E-state index in [9.17, 15) is 15.0 Å². The first-order valence-corrected chi connectivity index (χ1v) is 4.79. The topological polar surface area (TPSA) is 85.2 Å². The zero-order valence-electron chi connectivity index (χ0n) is 8.54. The van der Waals surface area contributed by atoms with E-state index in [-0.39, 0.29) is 6.61 Å². The van der Waals surface area contributed by atoms with Crippen LogP contribution in [0.4, 0.5) is 0 Å². The van der Waals surface area contributed by atoms with E-state index in [1.165, 1.54) is 0 Å². The molecule has 6 heteroatoms. The molecule has 2 saturated heterocycles. The minimum atomic E-state index is -1.48. The summed E-state index contributed by atoms with van der Waals surface area (Å²) in [5.41, 5.74) is 0. The summed E-state index contributed by atoms with van der Waals surface area (Å²) < 4.78 is 15.5. The van der Waals surface area contributed by atoms with Crippen molar-refractivity contribution in [1.82, 2.24) is 0 Å². The van der Waals surface area contributed by atoms with Gasteiger partial charge < -0.3 is 24.4 Å². The van der Waals surface area contributed by atoms with Crippen molar-refractivity contribution in [2.24, 2.45) is 0 Å². The predicted octanol–water partition coefficient (Wildman–Crippen LogP) is -1.21. The maximum atomic E-state index is 11.0. The van der Waals surface area contributed by atoms with Gasteiger partial charge >= 0.3 is 5.97 Å². The monoisotopic (exact) mass is 218 g/mol. The molecule has 0 aromatic carbocycles. The first-order valence-electron chi connectivity index (χ1n) is 4.79. The number of aliphatic hydroxyl groups excluding tert-OH is 2. The van der Waals surface area contributed by atoms with Crippen molar-refractivity contribution in [3.8, 4) is 0 Å². The fraction of sp³-hybridized carbons (Fsp3) is 0.889. The van der Waals surface area contributed by atoms with Gasteiger partial charge in [-0.1, -0.05) is 0 Å². The lowest BCUT2D eigenvalue weighted by molar-refractivity contribution is -0.166. The summed E-state index contributed by atoms with van der Waals surface area (Å²) in [6.07, 6.45) is -4.12. The summed E-state index contributed by atoms with van der Waals surface area (Å²) in [7, 11) is 0. The minimum Gasteiger partial charge on any atom is -0.455 e. The molecule has 0 aliphatic carbocycles. The summed E-state index contributed by atoms with van der Waals surface area (Å²) in [6.45, 7) is 3.69. The van der Waals surface area contributed by atoms with Crippen molar-refractivity contribution in [3.63, 3.8) is 0 Å².